The van der Waals surface area contributed by atoms with Crippen molar-refractivity contribution in [3.63, 3.8) is 0 Å². The molecule has 3 nitrogen and oxygen atoms in total. The minimum atomic E-state index is -0.244. The van der Waals surface area contributed by atoms with Gasteiger partial charge in [0.15, 0.2) is 0 Å². The molecule has 0 spiro atoms. The van der Waals surface area contributed by atoms with Gasteiger partial charge < -0.3 is 10.2 Å². The predicted octanol–water partition coefficient (Wildman–Crippen LogP) is 2.65. The van der Waals surface area contributed by atoms with Gasteiger partial charge in [-0.3, -0.25) is 4.79 Å². The lowest BCUT2D eigenvalue weighted by Gasteiger charge is -2.36. The summed E-state index contributed by atoms with van der Waals surface area (Å²) < 4.78 is 0. The van der Waals surface area contributed by atoms with Crippen LogP contribution in [0.25, 0.3) is 0 Å². The van der Waals surface area contributed by atoms with E-state index in [0.29, 0.717) is 6.54 Å². The van der Waals surface area contributed by atoms with Crippen LogP contribution in [0.3, 0.4) is 0 Å². The van der Waals surface area contributed by atoms with Crippen LogP contribution in [0.4, 0.5) is 0 Å². The number of piperidine rings is 1. The first-order valence-corrected chi connectivity index (χ1v) is 7.45. The molecule has 0 saturated carbocycles. The second-order valence-electron chi connectivity index (χ2n) is 6.43. The van der Waals surface area contributed by atoms with Gasteiger partial charge in [0.1, 0.15) is 0 Å². The van der Waals surface area contributed by atoms with Crippen LogP contribution in [0, 0.1) is 19.3 Å². The quantitative estimate of drug-likeness (QED) is 0.919. The maximum atomic E-state index is 12.7. The molecule has 20 heavy (non-hydrogen) atoms. The number of carbonyl (C=O) groups is 1. The third-order valence-corrected chi connectivity index (χ3v) is 4.37. The monoisotopic (exact) mass is 274 g/mol. The van der Waals surface area contributed by atoms with Crippen molar-refractivity contribution < 1.29 is 4.79 Å². The number of rotatable bonds is 3. The number of hydrogen-bond donors (Lipinski definition) is 1. The van der Waals surface area contributed by atoms with Gasteiger partial charge in [-0.2, -0.15) is 0 Å². The fourth-order valence-corrected chi connectivity index (χ4v) is 3.05. The zero-order valence-electron chi connectivity index (χ0n) is 13.1. The summed E-state index contributed by atoms with van der Waals surface area (Å²) in [6.07, 6.45) is 2.07. The Labute approximate surface area is 122 Å². The first-order valence-electron chi connectivity index (χ1n) is 7.45. The molecule has 1 aliphatic rings. The standard InChI is InChI=1S/C17H26N2O/c1-13-6-7-15(14(2)10-13)11-19(4)16(20)17(3)8-5-9-18-12-17/h6-7,10,18H,5,8-9,11-12H2,1-4H3. The molecule has 1 unspecified atom stereocenters. The molecular formula is C17H26N2O. The average Bonchev–Trinajstić information content (AvgIpc) is 2.42. The zero-order chi connectivity index (χ0) is 14.8. The molecule has 1 heterocycles. The summed E-state index contributed by atoms with van der Waals surface area (Å²) in [7, 11) is 1.92. The molecule has 1 atom stereocenters. The number of benzene rings is 1. The number of aryl methyl sites for hydroxylation is 2. The summed E-state index contributed by atoms with van der Waals surface area (Å²) in [5, 5.41) is 3.35. The Balaban J connectivity index is 2.07. The van der Waals surface area contributed by atoms with Crippen molar-refractivity contribution in [2.45, 2.75) is 40.2 Å². The van der Waals surface area contributed by atoms with Crippen molar-refractivity contribution in [2.75, 3.05) is 20.1 Å². The molecule has 3 heteroatoms. The van der Waals surface area contributed by atoms with Crippen molar-refractivity contribution in [3.05, 3.63) is 34.9 Å². The van der Waals surface area contributed by atoms with E-state index >= 15 is 0 Å². The van der Waals surface area contributed by atoms with Gasteiger partial charge in [-0.05, 0) is 51.3 Å². The first-order chi connectivity index (χ1) is 9.42. The van der Waals surface area contributed by atoms with Crippen molar-refractivity contribution in [1.29, 1.82) is 0 Å². The molecule has 1 aliphatic heterocycles. The summed E-state index contributed by atoms with van der Waals surface area (Å²) in [4.78, 5) is 14.6. The molecule has 1 saturated heterocycles. The third kappa shape index (κ3) is 3.21. The van der Waals surface area contributed by atoms with Crippen LogP contribution >= 0.6 is 0 Å². The predicted molar refractivity (Wildman–Crippen MR) is 82.6 cm³/mol. The minimum Gasteiger partial charge on any atom is -0.341 e. The molecule has 1 N–H and O–H groups in total. The van der Waals surface area contributed by atoms with E-state index in [9.17, 15) is 4.79 Å². The Morgan fingerprint density at radius 3 is 2.75 bits per heavy atom. The second kappa shape index (κ2) is 5.96. The van der Waals surface area contributed by atoms with E-state index in [1.54, 1.807) is 0 Å². The normalized spacial score (nSPS) is 22.6. The van der Waals surface area contributed by atoms with Crippen LogP contribution in [-0.2, 0) is 11.3 Å². The molecule has 0 radical (unpaired) electrons. The summed E-state index contributed by atoms with van der Waals surface area (Å²) >= 11 is 0. The number of amides is 1. The van der Waals surface area contributed by atoms with Crippen LogP contribution in [0.15, 0.2) is 18.2 Å². The molecule has 1 amide bonds. The first kappa shape index (κ1) is 15.0. The highest BCUT2D eigenvalue weighted by molar-refractivity contribution is 5.82. The van der Waals surface area contributed by atoms with Crippen molar-refractivity contribution in [2.24, 2.45) is 5.41 Å². The molecule has 2 rings (SSSR count). The van der Waals surface area contributed by atoms with E-state index in [4.69, 9.17) is 0 Å². The van der Waals surface area contributed by atoms with E-state index in [0.717, 1.165) is 25.9 Å². The molecule has 1 aromatic rings. The molecule has 0 aromatic heterocycles. The maximum absolute atomic E-state index is 12.7. The SMILES string of the molecule is Cc1ccc(CN(C)C(=O)C2(C)CCCNC2)c(C)c1. The van der Waals surface area contributed by atoms with Crippen LogP contribution in [0.2, 0.25) is 0 Å². The Hall–Kier alpha value is -1.35. The van der Waals surface area contributed by atoms with Crippen molar-refractivity contribution >= 4 is 5.91 Å². The molecule has 110 valence electrons. The van der Waals surface area contributed by atoms with Gasteiger partial charge in [0.25, 0.3) is 0 Å². The Bertz CT molecular complexity index is 490. The van der Waals surface area contributed by atoms with Crippen LogP contribution in [0.1, 0.15) is 36.5 Å². The van der Waals surface area contributed by atoms with E-state index in [2.05, 4.69) is 44.3 Å². The molecule has 1 fully saturated rings. The van der Waals surface area contributed by atoms with Gasteiger partial charge in [0.05, 0.1) is 5.41 Å². The van der Waals surface area contributed by atoms with Gasteiger partial charge in [-0.15, -0.1) is 0 Å². The number of hydrogen-bond acceptors (Lipinski definition) is 2. The molecule has 0 aliphatic carbocycles. The van der Waals surface area contributed by atoms with E-state index in [1.165, 1.54) is 16.7 Å². The summed E-state index contributed by atoms with van der Waals surface area (Å²) in [5.74, 6) is 0.254. The van der Waals surface area contributed by atoms with Gasteiger partial charge in [0.2, 0.25) is 5.91 Å². The van der Waals surface area contributed by atoms with E-state index < -0.39 is 0 Å². The smallest absolute Gasteiger partial charge is 0.229 e. The van der Waals surface area contributed by atoms with Gasteiger partial charge in [-0.25, -0.2) is 0 Å². The Kier molecular flexibility index (Phi) is 4.48. The van der Waals surface area contributed by atoms with E-state index in [1.807, 2.05) is 11.9 Å². The van der Waals surface area contributed by atoms with Gasteiger partial charge in [-0.1, -0.05) is 23.8 Å². The molecular weight excluding hydrogens is 248 g/mol. The topological polar surface area (TPSA) is 32.3 Å². The number of nitrogens with zero attached hydrogens (tertiary/aromatic N) is 1. The lowest BCUT2D eigenvalue weighted by atomic mass is 9.81. The minimum absolute atomic E-state index is 0.244. The van der Waals surface area contributed by atoms with Gasteiger partial charge in [0, 0.05) is 20.1 Å². The third-order valence-electron chi connectivity index (χ3n) is 4.37. The van der Waals surface area contributed by atoms with Crippen LogP contribution in [-0.4, -0.2) is 30.9 Å². The van der Waals surface area contributed by atoms with Crippen molar-refractivity contribution in [3.8, 4) is 0 Å². The summed E-state index contributed by atoms with van der Waals surface area (Å²) in [6, 6.07) is 6.43. The van der Waals surface area contributed by atoms with Crippen LogP contribution in [0.5, 0.6) is 0 Å². The highest BCUT2D eigenvalue weighted by Gasteiger charge is 2.36. The fraction of sp³-hybridized carbons (Fsp3) is 0.588. The van der Waals surface area contributed by atoms with Crippen LogP contribution < -0.4 is 5.32 Å². The lowest BCUT2D eigenvalue weighted by molar-refractivity contribution is -0.141. The summed E-state index contributed by atoms with van der Waals surface area (Å²) in [5.41, 5.74) is 3.52. The highest BCUT2D eigenvalue weighted by atomic mass is 16.2. The van der Waals surface area contributed by atoms with Gasteiger partial charge >= 0.3 is 0 Å². The Morgan fingerprint density at radius 2 is 2.15 bits per heavy atom. The lowest BCUT2D eigenvalue weighted by Crippen LogP contribution is -2.49. The summed E-state index contributed by atoms with van der Waals surface area (Å²) in [6.45, 7) is 8.82. The highest BCUT2D eigenvalue weighted by Crippen LogP contribution is 2.28. The zero-order valence-corrected chi connectivity index (χ0v) is 13.1. The largest absolute Gasteiger partial charge is 0.341 e. The average molecular weight is 274 g/mol. The van der Waals surface area contributed by atoms with E-state index in [-0.39, 0.29) is 11.3 Å². The maximum Gasteiger partial charge on any atom is 0.229 e. The number of nitrogens with one attached hydrogen (secondary N) is 1. The second-order valence-corrected chi connectivity index (χ2v) is 6.43. The Morgan fingerprint density at radius 1 is 1.40 bits per heavy atom. The molecule has 1 aromatic carbocycles. The fourth-order valence-electron chi connectivity index (χ4n) is 3.05. The number of carbonyl (C=O) groups excluding carboxylic acids is 1. The molecule has 0 bridgehead atoms. The van der Waals surface area contributed by atoms with Crippen molar-refractivity contribution in [1.82, 2.24) is 10.2 Å².